The van der Waals surface area contributed by atoms with E-state index in [0.29, 0.717) is 0 Å². The van der Waals surface area contributed by atoms with Crippen LogP contribution in [0.4, 0.5) is 0 Å². The first-order valence-corrected chi connectivity index (χ1v) is 9.21. The molecule has 0 amide bonds. The standard InChI is InChI=1S/C17H23N3OS/c1-2-5-15(4-1)20-9-7-19(8-10-20)12-14-13-21-17(18-14)16-6-3-11-22-16/h3,6,11,13,15H,1-2,4-5,7-10,12H2. The largest absolute Gasteiger partial charge is 0.444 e. The summed E-state index contributed by atoms with van der Waals surface area (Å²) >= 11 is 1.67. The molecule has 1 aliphatic carbocycles. The highest BCUT2D eigenvalue weighted by molar-refractivity contribution is 7.13. The van der Waals surface area contributed by atoms with Gasteiger partial charge in [0.2, 0.25) is 5.89 Å². The molecular weight excluding hydrogens is 294 g/mol. The van der Waals surface area contributed by atoms with Gasteiger partial charge in [-0.25, -0.2) is 4.98 Å². The molecule has 3 heterocycles. The van der Waals surface area contributed by atoms with Crippen LogP contribution in [-0.4, -0.2) is 47.0 Å². The van der Waals surface area contributed by atoms with Gasteiger partial charge in [-0.2, -0.15) is 0 Å². The average molecular weight is 317 g/mol. The molecule has 22 heavy (non-hydrogen) atoms. The van der Waals surface area contributed by atoms with Crippen LogP contribution >= 0.6 is 11.3 Å². The van der Waals surface area contributed by atoms with Gasteiger partial charge in [-0.1, -0.05) is 18.9 Å². The number of oxazole rings is 1. The third kappa shape index (κ3) is 3.12. The van der Waals surface area contributed by atoms with E-state index in [1.807, 2.05) is 12.3 Å². The summed E-state index contributed by atoms with van der Waals surface area (Å²) in [6.45, 7) is 5.63. The van der Waals surface area contributed by atoms with Crippen LogP contribution in [-0.2, 0) is 6.54 Å². The lowest BCUT2D eigenvalue weighted by molar-refractivity contribution is 0.0929. The number of aromatic nitrogens is 1. The van der Waals surface area contributed by atoms with Crippen LogP contribution in [0.3, 0.4) is 0 Å². The predicted molar refractivity (Wildman–Crippen MR) is 88.9 cm³/mol. The highest BCUT2D eigenvalue weighted by Crippen LogP contribution is 2.26. The molecule has 0 N–H and O–H groups in total. The van der Waals surface area contributed by atoms with Gasteiger partial charge in [0.05, 0.1) is 10.6 Å². The summed E-state index contributed by atoms with van der Waals surface area (Å²) in [5, 5.41) is 2.06. The highest BCUT2D eigenvalue weighted by atomic mass is 32.1. The van der Waals surface area contributed by atoms with Crippen molar-refractivity contribution >= 4 is 11.3 Å². The quantitative estimate of drug-likeness (QED) is 0.864. The Morgan fingerprint density at radius 3 is 2.73 bits per heavy atom. The van der Waals surface area contributed by atoms with Crippen molar-refractivity contribution in [2.45, 2.75) is 38.3 Å². The van der Waals surface area contributed by atoms with Crippen LogP contribution < -0.4 is 0 Å². The molecule has 2 fully saturated rings. The molecule has 2 aromatic rings. The second-order valence-electron chi connectivity index (χ2n) is 6.37. The summed E-state index contributed by atoms with van der Waals surface area (Å²) in [5.41, 5.74) is 1.05. The van der Waals surface area contributed by atoms with Gasteiger partial charge in [-0.15, -0.1) is 11.3 Å². The van der Waals surface area contributed by atoms with Crippen molar-refractivity contribution in [2.75, 3.05) is 26.2 Å². The Balaban J connectivity index is 1.31. The lowest BCUT2D eigenvalue weighted by atomic mass is 10.2. The molecule has 1 saturated carbocycles. The van der Waals surface area contributed by atoms with Crippen LogP contribution in [0.1, 0.15) is 31.4 Å². The highest BCUT2D eigenvalue weighted by Gasteiger charge is 2.26. The van der Waals surface area contributed by atoms with Gasteiger partial charge in [0, 0.05) is 38.8 Å². The zero-order chi connectivity index (χ0) is 14.8. The van der Waals surface area contributed by atoms with Gasteiger partial charge in [0.25, 0.3) is 0 Å². The molecule has 4 nitrogen and oxygen atoms in total. The molecule has 118 valence electrons. The van der Waals surface area contributed by atoms with E-state index < -0.39 is 0 Å². The molecule has 0 unspecified atom stereocenters. The zero-order valence-corrected chi connectivity index (χ0v) is 13.7. The second kappa shape index (κ2) is 6.52. The van der Waals surface area contributed by atoms with Gasteiger partial charge in [0.1, 0.15) is 6.26 Å². The summed E-state index contributed by atoms with van der Waals surface area (Å²) in [7, 11) is 0. The van der Waals surface area contributed by atoms with Gasteiger partial charge in [-0.05, 0) is 24.3 Å². The molecule has 5 heteroatoms. The van der Waals surface area contributed by atoms with Gasteiger partial charge < -0.3 is 4.42 Å². The smallest absolute Gasteiger partial charge is 0.236 e. The molecule has 0 spiro atoms. The molecule has 2 aromatic heterocycles. The second-order valence-corrected chi connectivity index (χ2v) is 7.32. The Hall–Kier alpha value is -1.17. The molecule has 0 atom stereocenters. The van der Waals surface area contributed by atoms with Crippen molar-refractivity contribution in [3.8, 4) is 10.8 Å². The minimum Gasteiger partial charge on any atom is -0.444 e. The third-order valence-electron chi connectivity index (χ3n) is 4.92. The van der Waals surface area contributed by atoms with E-state index >= 15 is 0 Å². The Bertz CT molecular complexity index is 581. The maximum atomic E-state index is 5.62. The number of hydrogen-bond donors (Lipinski definition) is 0. The van der Waals surface area contributed by atoms with Crippen molar-refractivity contribution in [2.24, 2.45) is 0 Å². The van der Waals surface area contributed by atoms with E-state index in [2.05, 4.69) is 26.2 Å². The van der Waals surface area contributed by atoms with Crippen molar-refractivity contribution in [1.82, 2.24) is 14.8 Å². The fourth-order valence-electron chi connectivity index (χ4n) is 3.68. The maximum absolute atomic E-state index is 5.62. The fourth-order valence-corrected chi connectivity index (χ4v) is 4.33. The number of rotatable bonds is 4. The van der Waals surface area contributed by atoms with Gasteiger partial charge >= 0.3 is 0 Å². The van der Waals surface area contributed by atoms with E-state index in [-0.39, 0.29) is 0 Å². The average Bonchev–Trinajstić information content (AvgIpc) is 3.30. The van der Waals surface area contributed by atoms with Crippen LogP contribution in [0, 0.1) is 0 Å². The predicted octanol–water partition coefficient (Wildman–Crippen LogP) is 3.46. The number of hydrogen-bond acceptors (Lipinski definition) is 5. The molecule has 4 rings (SSSR count). The summed E-state index contributed by atoms with van der Waals surface area (Å²) in [4.78, 5) is 10.9. The van der Waals surface area contributed by atoms with E-state index in [4.69, 9.17) is 4.42 Å². The first-order valence-electron chi connectivity index (χ1n) is 8.33. The summed E-state index contributed by atoms with van der Waals surface area (Å²) in [6.07, 6.45) is 7.49. The van der Waals surface area contributed by atoms with E-state index in [1.54, 1.807) is 11.3 Å². The molecule has 1 saturated heterocycles. The molecule has 0 bridgehead atoms. The Morgan fingerprint density at radius 2 is 2.00 bits per heavy atom. The summed E-state index contributed by atoms with van der Waals surface area (Å²) < 4.78 is 5.62. The monoisotopic (exact) mass is 317 g/mol. The minimum absolute atomic E-state index is 0.759. The van der Waals surface area contributed by atoms with Crippen LogP contribution in [0.25, 0.3) is 10.8 Å². The van der Waals surface area contributed by atoms with Crippen LogP contribution in [0.5, 0.6) is 0 Å². The minimum atomic E-state index is 0.759. The van der Waals surface area contributed by atoms with Crippen molar-refractivity contribution < 1.29 is 4.42 Å². The molecule has 0 aromatic carbocycles. The number of nitrogens with zero attached hydrogens (tertiary/aromatic N) is 3. The van der Waals surface area contributed by atoms with Crippen molar-refractivity contribution in [1.29, 1.82) is 0 Å². The van der Waals surface area contributed by atoms with E-state index in [9.17, 15) is 0 Å². The Labute approximate surface area is 135 Å². The molecule has 0 radical (unpaired) electrons. The van der Waals surface area contributed by atoms with Crippen LogP contribution in [0.15, 0.2) is 28.2 Å². The Morgan fingerprint density at radius 1 is 1.18 bits per heavy atom. The zero-order valence-electron chi connectivity index (χ0n) is 12.9. The number of thiophene rings is 1. The summed E-state index contributed by atoms with van der Waals surface area (Å²) in [6, 6.07) is 4.95. The van der Waals surface area contributed by atoms with Crippen molar-refractivity contribution in [3.63, 3.8) is 0 Å². The third-order valence-corrected chi connectivity index (χ3v) is 5.78. The van der Waals surface area contributed by atoms with E-state index in [1.165, 1.54) is 38.8 Å². The first-order chi connectivity index (χ1) is 10.9. The Kier molecular flexibility index (Phi) is 4.28. The topological polar surface area (TPSA) is 32.5 Å². The van der Waals surface area contributed by atoms with Crippen LogP contribution in [0.2, 0.25) is 0 Å². The first kappa shape index (κ1) is 14.4. The van der Waals surface area contributed by atoms with Crippen molar-refractivity contribution in [3.05, 3.63) is 29.5 Å². The summed E-state index contributed by atoms with van der Waals surface area (Å²) in [5.74, 6) is 0.759. The van der Waals surface area contributed by atoms with E-state index in [0.717, 1.165) is 42.1 Å². The normalized spacial score (nSPS) is 21.6. The maximum Gasteiger partial charge on any atom is 0.236 e. The lowest BCUT2D eigenvalue weighted by Gasteiger charge is -2.37. The lowest BCUT2D eigenvalue weighted by Crippen LogP contribution is -2.49. The molecule has 1 aliphatic heterocycles. The fraction of sp³-hybridized carbons (Fsp3) is 0.588. The number of piperazine rings is 1. The SMILES string of the molecule is c1csc(-c2nc(CN3CCN(C4CCCC4)CC3)co2)c1. The van der Waals surface area contributed by atoms with Gasteiger partial charge in [-0.3, -0.25) is 9.80 Å². The van der Waals surface area contributed by atoms with Gasteiger partial charge in [0.15, 0.2) is 0 Å². The molecule has 2 aliphatic rings. The molecular formula is C17H23N3OS.